The fraction of sp³-hybridized carbons (Fsp3) is 0.273. The van der Waals surface area contributed by atoms with Crippen molar-refractivity contribution >= 4 is 17.8 Å². The van der Waals surface area contributed by atoms with E-state index in [0.29, 0.717) is 17.2 Å². The van der Waals surface area contributed by atoms with Gasteiger partial charge < -0.3 is 15.1 Å². The third-order valence-corrected chi connectivity index (χ3v) is 2.24. The molecule has 1 amide bonds. The van der Waals surface area contributed by atoms with Gasteiger partial charge in [0.1, 0.15) is 18.8 Å². The Kier molecular flexibility index (Phi) is 4.84. The predicted octanol–water partition coefficient (Wildman–Crippen LogP) is 0.712. The van der Waals surface area contributed by atoms with Crippen LogP contribution in [0, 0.1) is 0 Å². The van der Waals surface area contributed by atoms with E-state index >= 15 is 0 Å². The van der Waals surface area contributed by atoms with Crippen molar-refractivity contribution in [3.05, 3.63) is 29.6 Å². The second-order valence-electron chi connectivity index (χ2n) is 3.88. The van der Waals surface area contributed by atoms with Crippen LogP contribution in [0.3, 0.4) is 0 Å². The molecule has 0 unspecified atom stereocenters. The highest BCUT2D eigenvalue weighted by Crippen LogP contribution is 2.27. The van der Waals surface area contributed by atoms with Gasteiger partial charge in [-0.15, -0.1) is 0 Å². The van der Waals surface area contributed by atoms with Gasteiger partial charge in [0, 0.05) is 6.20 Å². The van der Waals surface area contributed by atoms with Crippen LogP contribution >= 0.6 is 0 Å². The number of aromatic nitrogens is 1. The van der Waals surface area contributed by atoms with Crippen molar-refractivity contribution in [2.24, 2.45) is 0 Å². The number of nitrogens with zero attached hydrogens (tertiary/aromatic N) is 2. The lowest BCUT2D eigenvalue weighted by Crippen LogP contribution is -2.39. The fourth-order valence-corrected chi connectivity index (χ4v) is 1.40. The Bertz CT molecular complexity index is 540. The van der Waals surface area contributed by atoms with Crippen molar-refractivity contribution in [1.82, 2.24) is 9.88 Å². The SMILES string of the molecule is O=C(O)CN(CC(=O)O)C(=O)c1ccc(C(F)(F)F)nc1. The number of rotatable bonds is 5. The van der Waals surface area contributed by atoms with E-state index < -0.39 is 42.8 Å². The number of carboxylic acids is 2. The van der Waals surface area contributed by atoms with E-state index in [1.807, 2.05) is 0 Å². The molecule has 0 fully saturated rings. The second kappa shape index (κ2) is 6.20. The highest BCUT2D eigenvalue weighted by molar-refractivity contribution is 5.97. The molecule has 10 heteroatoms. The fourth-order valence-electron chi connectivity index (χ4n) is 1.40. The van der Waals surface area contributed by atoms with Crippen LogP contribution in [0.25, 0.3) is 0 Å². The van der Waals surface area contributed by atoms with Gasteiger partial charge in [0.05, 0.1) is 5.56 Å². The quantitative estimate of drug-likeness (QED) is 0.829. The molecule has 7 nitrogen and oxygen atoms in total. The summed E-state index contributed by atoms with van der Waals surface area (Å²) < 4.78 is 36.9. The zero-order chi connectivity index (χ0) is 16.2. The van der Waals surface area contributed by atoms with E-state index in [1.165, 1.54) is 0 Å². The molecule has 0 aliphatic carbocycles. The molecule has 1 aromatic rings. The van der Waals surface area contributed by atoms with E-state index in [0.717, 1.165) is 6.07 Å². The van der Waals surface area contributed by atoms with Gasteiger partial charge in [0.15, 0.2) is 0 Å². The van der Waals surface area contributed by atoms with Crippen LogP contribution in [0.1, 0.15) is 16.1 Å². The average molecular weight is 306 g/mol. The first kappa shape index (κ1) is 16.4. The summed E-state index contributed by atoms with van der Waals surface area (Å²) in [6.45, 7) is -1.79. The van der Waals surface area contributed by atoms with Crippen molar-refractivity contribution in [1.29, 1.82) is 0 Å². The summed E-state index contributed by atoms with van der Waals surface area (Å²) in [6.07, 6.45) is -4.06. The minimum atomic E-state index is -4.68. The maximum absolute atomic E-state index is 12.3. The molecule has 0 aliphatic heterocycles. The molecule has 0 bridgehead atoms. The minimum Gasteiger partial charge on any atom is -0.480 e. The monoisotopic (exact) mass is 306 g/mol. The zero-order valence-electron chi connectivity index (χ0n) is 10.3. The molecule has 0 spiro atoms. The number of carboxylic acid groups (broad SMARTS) is 2. The van der Waals surface area contributed by atoms with Crippen LogP contribution in [-0.2, 0) is 15.8 Å². The second-order valence-corrected chi connectivity index (χ2v) is 3.88. The highest BCUT2D eigenvalue weighted by atomic mass is 19.4. The molecule has 1 rings (SSSR count). The lowest BCUT2D eigenvalue weighted by molar-refractivity contribution is -0.142. The Morgan fingerprint density at radius 3 is 1.95 bits per heavy atom. The van der Waals surface area contributed by atoms with E-state index in [1.54, 1.807) is 0 Å². The number of halogens is 3. The van der Waals surface area contributed by atoms with E-state index in [2.05, 4.69) is 4.98 Å². The van der Waals surface area contributed by atoms with Crippen LogP contribution < -0.4 is 0 Å². The molecule has 0 saturated carbocycles. The first-order valence-electron chi connectivity index (χ1n) is 5.37. The van der Waals surface area contributed by atoms with Crippen LogP contribution in [0.15, 0.2) is 18.3 Å². The maximum atomic E-state index is 12.3. The van der Waals surface area contributed by atoms with Gasteiger partial charge in [0.2, 0.25) is 0 Å². The van der Waals surface area contributed by atoms with E-state index in [4.69, 9.17) is 10.2 Å². The highest BCUT2D eigenvalue weighted by Gasteiger charge is 2.32. The molecule has 0 radical (unpaired) electrons. The van der Waals surface area contributed by atoms with Crippen LogP contribution in [0.5, 0.6) is 0 Å². The van der Waals surface area contributed by atoms with Gasteiger partial charge >= 0.3 is 18.1 Å². The van der Waals surface area contributed by atoms with Gasteiger partial charge in [0.25, 0.3) is 5.91 Å². The molecule has 2 N–H and O–H groups in total. The number of pyridine rings is 1. The normalized spacial score (nSPS) is 11.0. The third kappa shape index (κ3) is 4.75. The maximum Gasteiger partial charge on any atom is 0.433 e. The van der Waals surface area contributed by atoms with Crippen molar-refractivity contribution in [3.63, 3.8) is 0 Å². The van der Waals surface area contributed by atoms with Crippen molar-refractivity contribution < 1.29 is 37.8 Å². The van der Waals surface area contributed by atoms with Gasteiger partial charge in [-0.25, -0.2) is 0 Å². The summed E-state index contributed by atoms with van der Waals surface area (Å²) in [7, 11) is 0. The van der Waals surface area contributed by atoms with Crippen LogP contribution in [-0.4, -0.2) is 51.0 Å². The van der Waals surface area contributed by atoms with Crippen molar-refractivity contribution in [2.45, 2.75) is 6.18 Å². The molecule has 0 aliphatic rings. The van der Waals surface area contributed by atoms with Gasteiger partial charge in [-0.1, -0.05) is 0 Å². The Balaban J connectivity index is 2.98. The number of amides is 1. The molecule has 1 heterocycles. The van der Waals surface area contributed by atoms with Crippen LogP contribution in [0.4, 0.5) is 13.2 Å². The van der Waals surface area contributed by atoms with Crippen LogP contribution in [0.2, 0.25) is 0 Å². The van der Waals surface area contributed by atoms with Gasteiger partial charge in [-0.2, -0.15) is 13.2 Å². The number of aliphatic carboxylic acids is 2. The molecule has 1 aromatic heterocycles. The summed E-state index contributed by atoms with van der Waals surface area (Å²) in [5.41, 5.74) is -1.56. The smallest absolute Gasteiger partial charge is 0.433 e. The summed E-state index contributed by atoms with van der Waals surface area (Å²) >= 11 is 0. The lowest BCUT2D eigenvalue weighted by Gasteiger charge is -2.18. The lowest BCUT2D eigenvalue weighted by atomic mass is 10.2. The molecule has 0 saturated heterocycles. The Morgan fingerprint density at radius 2 is 1.62 bits per heavy atom. The molecule has 114 valence electrons. The summed E-state index contributed by atoms with van der Waals surface area (Å²) in [5, 5.41) is 17.2. The predicted molar refractivity (Wildman–Crippen MR) is 60.4 cm³/mol. The summed E-state index contributed by atoms with van der Waals surface area (Å²) in [4.78, 5) is 36.5. The standard InChI is InChI=1S/C11H9F3N2O5/c12-11(13,14)7-2-1-6(3-15-7)10(21)16(4-8(17)18)5-9(19)20/h1-3H,4-5H2,(H,17,18)(H,19,20). The molecule has 0 atom stereocenters. The zero-order valence-corrected chi connectivity index (χ0v) is 10.3. The Hall–Kier alpha value is -2.65. The number of carbonyl (C=O) groups is 3. The van der Waals surface area contributed by atoms with Gasteiger partial charge in [-0.3, -0.25) is 19.4 Å². The summed E-state index contributed by atoms with van der Waals surface area (Å²) in [5.74, 6) is -3.95. The minimum absolute atomic E-state index is 0.342. The summed E-state index contributed by atoms with van der Waals surface area (Å²) in [6, 6.07) is 1.35. The van der Waals surface area contributed by atoms with Crippen molar-refractivity contribution in [3.8, 4) is 0 Å². The Labute approximate surface area is 115 Å². The first-order chi connectivity index (χ1) is 9.61. The number of carbonyl (C=O) groups excluding carboxylic acids is 1. The first-order valence-corrected chi connectivity index (χ1v) is 5.37. The molecular formula is C11H9F3N2O5. The molecule has 0 aromatic carbocycles. The number of hydrogen-bond acceptors (Lipinski definition) is 4. The average Bonchev–Trinajstić information content (AvgIpc) is 2.35. The Morgan fingerprint density at radius 1 is 1.10 bits per heavy atom. The molecule has 21 heavy (non-hydrogen) atoms. The number of hydrogen-bond donors (Lipinski definition) is 2. The third-order valence-electron chi connectivity index (χ3n) is 2.24. The molecular weight excluding hydrogens is 297 g/mol. The van der Waals surface area contributed by atoms with Gasteiger partial charge in [-0.05, 0) is 12.1 Å². The van der Waals surface area contributed by atoms with E-state index in [9.17, 15) is 27.6 Å². The van der Waals surface area contributed by atoms with E-state index in [-0.39, 0.29) is 5.56 Å². The number of alkyl halides is 3. The van der Waals surface area contributed by atoms with Crippen molar-refractivity contribution in [2.75, 3.05) is 13.1 Å². The largest absolute Gasteiger partial charge is 0.480 e. The topological polar surface area (TPSA) is 108 Å².